The lowest BCUT2D eigenvalue weighted by Gasteiger charge is -2.29. The van der Waals surface area contributed by atoms with Crippen molar-refractivity contribution < 1.29 is 8.78 Å². The Kier molecular flexibility index (Phi) is 5.50. The summed E-state index contributed by atoms with van der Waals surface area (Å²) in [7, 11) is 0. The van der Waals surface area contributed by atoms with Crippen LogP contribution in [0.25, 0.3) is 0 Å². The van der Waals surface area contributed by atoms with Gasteiger partial charge in [0.2, 0.25) is 0 Å². The van der Waals surface area contributed by atoms with Gasteiger partial charge in [-0.05, 0) is 54.7 Å². The molecule has 0 atom stereocenters. The van der Waals surface area contributed by atoms with Gasteiger partial charge in [0.25, 0.3) is 0 Å². The van der Waals surface area contributed by atoms with Gasteiger partial charge in [0.15, 0.2) is 11.6 Å². The zero-order chi connectivity index (χ0) is 16.2. The zero-order valence-electron chi connectivity index (χ0n) is 14.2. The third kappa shape index (κ3) is 4.02. The van der Waals surface area contributed by atoms with Gasteiger partial charge in [-0.3, -0.25) is 0 Å². The first-order chi connectivity index (χ1) is 11.2. The summed E-state index contributed by atoms with van der Waals surface area (Å²) in [5, 5.41) is 0. The Morgan fingerprint density at radius 2 is 1.70 bits per heavy atom. The van der Waals surface area contributed by atoms with E-state index in [1.54, 1.807) is 6.07 Å². The van der Waals surface area contributed by atoms with Crippen molar-refractivity contribution in [2.45, 2.75) is 71.1 Å². The van der Waals surface area contributed by atoms with Crippen molar-refractivity contribution in [3.05, 3.63) is 46.5 Å². The Balaban J connectivity index is 1.49. The number of halogens is 2. The predicted molar refractivity (Wildman–Crippen MR) is 91.4 cm³/mol. The van der Waals surface area contributed by atoms with Gasteiger partial charge < -0.3 is 0 Å². The van der Waals surface area contributed by atoms with Crippen LogP contribution in [0.1, 0.15) is 69.4 Å². The summed E-state index contributed by atoms with van der Waals surface area (Å²) in [4.78, 5) is 0. The van der Waals surface area contributed by atoms with E-state index in [1.807, 2.05) is 0 Å². The molecule has 2 aliphatic carbocycles. The summed E-state index contributed by atoms with van der Waals surface area (Å²) in [6, 6.07) is 3.03. The first kappa shape index (κ1) is 16.7. The molecule has 3 rings (SSSR count). The quantitative estimate of drug-likeness (QED) is 0.553. The van der Waals surface area contributed by atoms with Gasteiger partial charge in [-0.15, -0.1) is 0 Å². The lowest BCUT2D eigenvalue weighted by molar-refractivity contribution is 0.252. The normalized spacial score (nSPS) is 24.2. The Hall–Kier alpha value is -1.18. The molecule has 0 heterocycles. The smallest absolute Gasteiger partial charge is 0.162 e. The van der Waals surface area contributed by atoms with Gasteiger partial charge in [0, 0.05) is 0 Å². The van der Waals surface area contributed by atoms with Crippen molar-refractivity contribution in [1.82, 2.24) is 0 Å². The molecular weight excluding hydrogens is 290 g/mol. The fourth-order valence-electron chi connectivity index (χ4n) is 4.38. The molecule has 0 N–H and O–H groups in total. The second kappa shape index (κ2) is 7.59. The van der Waals surface area contributed by atoms with Crippen LogP contribution in [0.4, 0.5) is 8.78 Å². The van der Waals surface area contributed by atoms with E-state index in [-0.39, 0.29) is 0 Å². The zero-order valence-corrected chi connectivity index (χ0v) is 14.2. The van der Waals surface area contributed by atoms with Crippen molar-refractivity contribution in [2.75, 3.05) is 0 Å². The van der Waals surface area contributed by atoms with Crippen LogP contribution in [0.5, 0.6) is 0 Å². The highest BCUT2D eigenvalue weighted by Gasteiger charge is 2.22. The SMILES string of the molecule is CCCC1CCC(CCC2=CCc3c(ccc(F)c3F)C2)CC1. The molecule has 0 aromatic heterocycles. The van der Waals surface area contributed by atoms with Gasteiger partial charge in [0.05, 0.1) is 0 Å². The average Bonchev–Trinajstić information content (AvgIpc) is 2.58. The number of fused-ring (bicyclic) bond motifs is 1. The summed E-state index contributed by atoms with van der Waals surface area (Å²) >= 11 is 0. The summed E-state index contributed by atoms with van der Waals surface area (Å²) in [5.41, 5.74) is 2.96. The monoisotopic (exact) mass is 318 g/mol. The highest BCUT2D eigenvalue weighted by atomic mass is 19.2. The van der Waals surface area contributed by atoms with Crippen LogP contribution in [-0.4, -0.2) is 0 Å². The lowest BCUT2D eigenvalue weighted by Crippen LogP contribution is -2.15. The van der Waals surface area contributed by atoms with Gasteiger partial charge in [-0.25, -0.2) is 8.78 Å². The molecule has 23 heavy (non-hydrogen) atoms. The lowest BCUT2D eigenvalue weighted by atomic mass is 9.77. The minimum Gasteiger partial charge on any atom is -0.204 e. The van der Waals surface area contributed by atoms with E-state index in [4.69, 9.17) is 0 Å². The molecule has 0 nitrogen and oxygen atoms in total. The van der Waals surface area contributed by atoms with Crippen LogP contribution in [0.15, 0.2) is 23.8 Å². The number of allylic oxidation sites excluding steroid dienone is 2. The second-order valence-corrected chi connectivity index (χ2v) is 7.46. The second-order valence-electron chi connectivity index (χ2n) is 7.46. The van der Waals surface area contributed by atoms with Crippen LogP contribution in [0.3, 0.4) is 0 Å². The third-order valence-electron chi connectivity index (χ3n) is 5.84. The number of hydrogen-bond acceptors (Lipinski definition) is 0. The number of rotatable bonds is 5. The summed E-state index contributed by atoms with van der Waals surface area (Å²) in [6.07, 6.45) is 14.2. The van der Waals surface area contributed by atoms with Crippen LogP contribution in [0, 0.1) is 23.5 Å². The largest absolute Gasteiger partial charge is 0.204 e. The molecule has 1 saturated carbocycles. The highest BCUT2D eigenvalue weighted by molar-refractivity contribution is 5.38. The fraction of sp³-hybridized carbons (Fsp3) is 0.619. The standard InChI is InChI=1S/C21H28F2/c1-2-3-15-4-6-16(7-5-15)8-9-17-10-12-19-18(14-17)11-13-20(22)21(19)23/h10-11,13,15-16H,2-9,12,14H2,1H3. The predicted octanol–water partition coefficient (Wildman–Crippen LogP) is 6.38. The van der Waals surface area contributed by atoms with Crippen LogP contribution >= 0.6 is 0 Å². The Labute approximate surface area is 139 Å². The summed E-state index contributed by atoms with van der Waals surface area (Å²) < 4.78 is 27.1. The van der Waals surface area contributed by atoms with Crippen LogP contribution < -0.4 is 0 Å². The van der Waals surface area contributed by atoms with E-state index in [0.29, 0.717) is 12.0 Å². The maximum Gasteiger partial charge on any atom is 0.162 e. The maximum atomic E-state index is 13.8. The molecule has 126 valence electrons. The molecule has 0 radical (unpaired) electrons. The van der Waals surface area contributed by atoms with E-state index in [1.165, 1.54) is 56.6 Å². The molecule has 1 fully saturated rings. The van der Waals surface area contributed by atoms with E-state index < -0.39 is 11.6 Å². The fourth-order valence-corrected chi connectivity index (χ4v) is 4.38. The Bertz CT molecular complexity index is 565. The van der Waals surface area contributed by atoms with E-state index in [0.717, 1.165) is 30.2 Å². The van der Waals surface area contributed by atoms with Crippen LogP contribution in [-0.2, 0) is 12.8 Å². The van der Waals surface area contributed by atoms with Gasteiger partial charge in [0.1, 0.15) is 0 Å². The van der Waals surface area contributed by atoms with Crippen molar-refractivity contribution in [3.8, 4) is 0 Å². The average molecular weight is 318 g/mol. The van der Waals surface area contributed by atoms with E-state index >= 15 is 0 Å². The molecule has 0 amide bonds. The van der Waals surface area contributed by atoms with Crippen molar-refractivity contribution >= 4 is 0 Å². The molecule has 2 aliphatic rings. The maximum absolute atomic E-state index is 13.8. The molecule has 2 heteroatoms. The molecule has 0 saturated heterocycles. The van der Waals surface area contributed by atoms with Crippen molar-refractivity contribution in [3.63, 3.8) is 0 Å². The summed E-state index contributed by atoms with van der Waals surface area (Å²) in [6.45, 7) is 2.29. The molecule has 1 aromatic carbocycles. The van der Waals surface area contributed by atoms with Gasteiger partial charge in [-0.2, -0.15) is 0 Å². The highest BCUT2D eigenvalue weighted by Crippen LogP contribution is 2.35. The van der Waals surface area contributed by atoms with Gasteiger partial charge >= 0.3 is 0 Å². The topological polar surface area (TPSA) is 0 Å². The molecular formula is C21H28F2. The van der Waals surface area contributed by atoms with Crippen LogP contribution in [0.2, 0.25) is 0 Å². The minimum atomic E-state index is -0.718. The molecule has 0 unspecified atom stereocenters. The number of hydrogen-bond donors (Lipinski definition) is 0. The van der Waals surface area contributed by atoms with E-state index in [2.05, 4.69) is 13.0 Å². The molecule has 0 bridgehead atoms. The molecule has 0 aliphatic heterocycles. The Morgan fingerprint density at radius 1 is 1.00 bits per heavy atom. The van der Waals surface area contributed by atoms with E-state index in [9.17, 15) is 8.78 Å². The number of benzene rings is 1. The Morgan fingerprint density at radius 3 is 2.39 bits per heavy atom. The third-order valence-corrected chi connectivity index (χ3v) is 5.84. The molecule has 1 aromatic rings. The molecule has 0 spiro atoms. The van der Waals surface area contributed by atoms with Crippen molar-refractivity contribution in [1.29, 1.82) is 0 Å². The first-order valence-corrected chi connectivity index (χ1v) is 9.31. The van der Waals surface area contributed by atoms with Gasteiger partial charge in [-0.1, -0.05) is 63.2 Å². The summed E-state index contributed by atoms with van der Waals surface area (Å²) in [5.74, 6) is 0.474. The minimum absolute atomic E-state index is 0.553. The first-order valence-electron chi connectivity index (χ1n) is 9.31. The van der Waals surface area contributed by atoms with Crippen molar-refractivity contribution in [2.24, 2.45) is 11.8 Å².